The molecule has 1 aliphatic heterocycles. The molecule has 0 amide bonds. The van der Waals surface area contributed by atoms with Crippen molar-refractivity contribution in [1.82, 2.24) is 35.1 Å². The zero-order valence-corrected chi connectivity index (χ0v) is 25.9. The van der Waals surface area contributed by atoms with Gasteiger partial charge in [-0.05, 0) is 40.5 Å². The molecule has 0 radical (unpaired) electrons. The van der Waals surface area contributed by atoms with Gasteiger partial charge in [-0.1, -0.05) is 73.7 Å². The second-order valence-corrected chi connectivity index (χ2v) is 12.4. The van der Waals surface area contributed by atoms with Crippen molar-refractivity contribution < 1.29 is 9.90 Å². The van der Waals surface area contributed by atoms with Crippen molar-refractivity contribution in [2.24, 2.45) is 0 Å². The molecule has 0 saturated carbocycles. The van der Waals surface area contributed by atoms with Crippen LogP contribution < -0.4 is 4.90 Å². The Labute approximate surface area is 265 Å². The Hall–Kier alpha value is -4.87. The predicted molar refractivity (Wildman–Crippen MR) is 177 cm³/mol. The fourth-order valence-corrected chi connectivity index (χ4v) is 7.29. The van der Waals surface area contributed by atoms with Crippen LogP contribution in [0.15, 0.2) is 78.9 Å². The summed E-state index contributed by atoms with van der Waals surface area (Å²) < 4.78 is 2.12. The summed E-state index contributed by atoms with van der Waals surface area (Å²) in [6, 6.07) is 26.9. The number of carboxylic acids is 1. The predicted octanol–water partition coefficient (Wildman–Crippen LogP) is 5.97. The number of carbonyl (C=O) groups is 1. The Morgan fingerprint density at radius 3 is 2.33 bits per heavy atom. The maximum absolute atomic E-state index is 12.6. The standard InChI is InChI=1S/C34H34N8O2S/c1-2-8-29-35-30-28(22-40-17-19-41(20-18-40)25-9-4-3-5-10-25)45-32(34(43)44)31(30)42(29)21-23-13-15-24(16-14-23)26-11-6-7-12-27(26)33-36-38-39-37-33/h3-7,9-16H,2,8,17-22H2,1H3,(H,43,44)(H,36,37,38,39). The molecular formula is C34H34N8O2S. The van der Waals surface area contributed by atoms with Crippen LogP contribution in [0.3, 0.4) is 0 Å². The van der Waals surface area contributed by atoms with Crippen molar-refractivity contribution >= 4 is 34.0 Å². The number of anilines is 1. The zero-order valence-electron chi connectivity index (χ0n) is 25.1. The molecule has 0 aliphatic carbocycles. The number of nitrogens with one attached hydrogen (secondary N) is 1. The number of fused-ring (bicyclic) bond motifs is 1. The molecule has 2 N–H and O–H groups in total. The lowest BCUT2D eigenvalue weighted by Gasteiger charge is -2.35. The summed E-state index contributed by atoms with van der Waals surface area (Å²) in [5.74, 6) is 0.578. The topological polar surface area (TPSA) is 116 Å². The largest absolute Gasteiger partial charge is 0.477 e. The van der Waals surface area contributed by atoms with Crippen LogP contribution in [0.4, 0.5) is 5.69 Å². The zero-order chi connectivity index (χ0) is 30.8. The molecule has 1 aliphatic rings. The molecule has 0 spiro atoms. The smallest absolute Gasteiger partial charge is 0.348 e. The van der Waals surface area contributed by atoms with Gasteiger partial charge in [0.05, 0.1) is 5.52 Å². The van der Waals surface area contributed by atoms with E-state index in [0.29, 0.717) is 23.8 Å². The molecule has 45 heavy (non-hydrogen) atoms. The van der Waals surface area contributed by atoms with E-state index in [9.17, 15) is 9.90 Å². The number of aromatic amines is 1. The molecule has 0 atom stereocenters. The highest BCUT2D eigenvalue weighted by atomic mass is 32.1. The van der Waals surface area contributed by atoms with Crippen LogP contribution >= 0.6 is 11.3 Å². The van der Waals surface area contributed by atoms with Gasteiger partial charge in [-0.3, -0.25) is 4.90 Å². The lowest BCUT2D eigenvalue weighted by molar-refractivity contribution is 0.0703. The first kappa shape index (κ1) is 28.9. The van der Waals surface area contributed by atoms with Crippen LogP contribution in [-0.4, -0.2) is 72.3 Å². The van der Waals surface area contributed by atoms with Crippen molar-refractivity contribution in [3.05, 3.63) is 100 Å². The highest BCUT2D eigenvalue weighted by Crippen LogP contribution is 2.35. The number of hydrogen-bond donors (Lipinski definition) is 2. The number of thiophene rings is 1. The Balaban J connectivity index is 1.16. The number of benzene rings is 3. The van der Waals surface area contributed by atoms with Crippen LogP contribution in [0.5, 0.6) is 0 Å². The Bertz CT molecular complexity index is 1910. The van der Waals surface area contributed by atoms with Crippen LogP contribution in [0.25, 0.3) is 33.5 Å². The number of aryl methyl sites for hydroxylation is 1. The molecule has 4 heterocycles. The molecule has 1 saturated heterocycles. The van der Waals surface area contributed by atoms with Gasteiger partial charge in [0.15, 0.2) is 0 Å². The van der Waals surface area contributed by atoms with Gasteiger partial charge in [0, 0.05) is 61.8 Å². The molecule has 0 bridgehead atoms. The third-order valence-electron chi connectivity index (χ3n) is 8.40. The maximum atomic E-state index is 12.6. The number of aromatic nitrogens is 6. The highest BCUT2D eigenvalue weighted by Gasteiger charge is 2.26. The first-order valence-electron chi connectivity index (χ1n) is 15.3. The number of H-pyrrole nitrogens is 1. The molecule has 3 aromatic heterocycles. The van der Waals surface area contributed by atoms with Gasteiger partial charge in [0.2, 0.25) is 5.82 Å². The SMILES string of the molecule is CCCc1nc2c(CN3CCN(c4ccccc4)CC3)sc(C(=O)O)c2n1Cc1ccc(-c2ccccc2-c2nn[nH]n2)cc1. The molecule has 6 aromatic rings. The van der Waals surface area contributed by atoms with Gasteiger partial charge >= 0.3 is 5.97 Å². The summed E-state index contributed by atoms with van der Waals surface area (Å²) in [6.45, 7) is 7.10. The Kier molecular flexibility index (Phi) is 8.10. The normalized spacial score (nSPS) is 13.9. The first-order valence-corrected chi connectivity index (χ1v) is 16.1. The molecule has 3 aromatic carbocycles. The average Bonchev–Trinajstić information content (AvgIpc) is 3.81. The van der Waals surface area contributed by atoms with Crippen LogP contribution in [0, 0.1) is 0 Å². The minimum atomic E-state index is -0.900. The summed E-state index contributed by atoms with van der Waals surface area (Å²) in [4.78, 5) is 23.9. The molecular weight excluding hydrogens is 584 g/mol. The molecule has 0 unspecified atom stereocenters. The second-order valence-electron chi connectivity index (χ2n) is 11.3. The minimum Gasteiger partial charge on any atom is -0.477 e. The number of para-hydroxylation sites is 1. The van der Waals surface area contributed by atoms with Gasteiger partial charge in [-0.2, -0.15) is 5.21 Å². The van der Waals surface area contributed by atoms with E-state index in [2.05, 4.69) is 90.4 Å². The third kappa shape index (κ3) is 5.84. The van der Waals surface area contributed by atoms with E-state index in [-0.39, 0.29) is 0 Å². The van der Waals surface area contributed by atoms with Gasteiger partial charge in [0.25, 0.3) is 0 Å². The molecule has 7 rings (SSSR count). The Morgan fingerprint density at radius 2 is 1.64 bits per heavy atom. The minimum absolute atomic E-state index is 0.364. The van der Waals surface area contributed by atoms with E-state index in [1.54, 1.807) is 0 Å². The summed E-state index contributed by atoms with van der Waals surface area (Å²) in [5, 5.41) is 24.9. The van der Waals surface area contributed by atoms with E-state index in [4.69, 9.17) is 4.98 Å². The van der Waals surface area contributed by atoms with Crippen molar-refractivity contribution in [2.75, 3.05) is 31.1 Å². The maximum Gasteiger partial charge on any atom is 0.348 e. The van der Waals surface area contributed by atoms with Gasteiger partial charge < -0.3 is 14.6 Å². The number of imidazole rings is 1. The average molecular weight is 619 g/mol. The molecule has 10 nitrogen and oxygen atoms in total. The monoisotopic (exact) mass is 618 g/mol. The van der Waals surface area contributed by atoms with E-state index < -0.39 is 5.97 Å². The quantitative estimate of drug-likeness (QED) is 0.193. The number of nitrogens with zero attached hydrogens (tertiary/aromatic N) is 7. The lowest BCUT2D eigenvalue weighted by Crippen LogP contribution is -2.45. The van der Waals surface area contributed by atoms with Crippen LogP contribution in [-0.2, 0) is 19.5 Å². The van der Waals surface area contributed by atoms with Crippen LogP contribution in [0.2, 0.25) is 0 Å². The van der Waals surface area contributed by atoms with E-state index in [1.165, 1.54) is 17.0 Å². The summed E-state index contributed by atoms with van der Waals surface area (Å²) in [6.07, 6.45) is 1.71. The number of aromatic carboxylic acids is 1. The molecule has 11 heteroatoms. The fraction of sp³-hybridized carbons (Fsp3) is 0.265. The van der Waals surface area contributed by atoms with Crippen molar-refractivity contribution in [1.29, 1.82) is 0 Å². The Morgan fingerprint density at radius 1 is 0.911 bits per heavy atom. The van der Waals surface area contributed by atoms with Gasteiger partial charge in [0.1, 0.15) is 16.2 Å². The number of piperazine rings is 1. The second kappa shape index (κ2) is 12.6. The number of carboxylic acid groups (broad SMARTS) is 1. The van der Waals surface area contributed by atoms with Crippen molar-refractivity contribution in [2.45, 2.75) is 32.9 Å². The third-order valence-corrected chi connectivity index (χ3v) is 9.54. The molecule has 1 fully saturated rings. The van der Waals surface area contributed by atoms with Crippen LogP contribution in [0.1, 0.15) is 39.3 Å². The van der Waals surface area contributed by atoms with Crippen molar-refractivity contribution in [3.8, 4) is 22.5 Å². The van der Waals surface area contributed by atoms with Gasteiger partial charge in [-0.15, -0.1) is 21.5 Å². The number of rotatable bonds is 10. The van der Waals surface area contributed by atoms with E-state index in [0.717, 1.165) is 83.0 Å². The van der Waals surface area contributed by atoms with E-state index >= 15 is 0 Å². The summed E-state index contributed by atoms with van der Waals surface area (Å²) in [7, 11) is 0. The summed E-state index contributed by atoms with van der Waals surface area (Å²) >= 11 is 1.37. The fourth-order valence-electron chi connectivity index (χ4n) is 6.16. The molecule has 228 valence electrons. The van der Waals surface area contributed by atoms with Crippen molar-refractivity contribution in [3.63, 3.8) is 0 Å². The van der Waals surface area contributed by atoms with Gasteiger partial charge in [-0.25, -0.2) is 9.78 Å². The van der Waals surface area contributed by atoms with E-state index in [1.807, 2.05) is 30.3 Å². The highest BCUT2D eigenvalue weighted by molar-refractivity contribution is 7.15. The first-order chi connectivity index (χ1) is 22.1. The summed E-state index contributed by atoms with van der Waals surface area (Å²) in [5.41, 5.74) is 6.85. The number of hydrogen-bond acceptors (Lipinski definition) is 8. The lowest BCUT2D eigenvalue weighted by atomic mass is 9.98. The number of tetrazole rings is 1.